The summed E-state index contributed by atoms with van der Waals surface area (Å²) in [6.07, 6.45) is 3.73. The van der Waals surface area contributed by atoms with Crippen molar-refractivity contribution in [1.29, 1.82) is 0 Å². The van der Waals surface area contributed by atoms with Crippen molar-refractivity contribution >= 4 is 16.8 Å². The molecule has 1 saturated heterocycles. The average Bonchev–Trinajstić information content (AvgIpc) is 3.50. The monoisotopic (exact) mass is 484 g/mol. The van der Waals surface area contributed by atoms with E-state index in [2.05, 4.69) is 25.0 Å². The number of carbonyl (C=O) groups is 1. The van der Waals surface area contributed by atoms with Crippen molar-refractivity contribution in [2.45, 2.75) is 37.9 Å². The van der Waals surface area contributed by atoms with Gasteiger partial charge in [0.2, 0.25) is 11.7 Å². The van der Waals surface area contributed by atoms with E-state index in [9.17, 15) is 18.0 Å². The lowest BCUT2D eigenvalue weighted by Gasteiger charge is -2.30. The van der Waals surface area contributed by atoms with Gasteiger partial charge < -0.3 is 14.0 Å². The number of piperidine rings is 1. The highest BCUT2D eigenvalue weighted by atomic mass is 19.4. The van der Waals surface area contributed by atoms with Gasteiger partial charge in [-0.2, -0.15) is 18.2 Å². The van der Waals surface area contributed by atoms with Crippen LogP contribution in [0.3, 0.4) is 0 Å². The molecule has 0 aliphatic carbocycles. The van der Waals surface area contributed by atoms with E-state index >= 15 is 0 Å². The van der Waals surface area contributed by atoms with Gasteiger partial charge in [-0.05, 0) is 63.2 Å². The molecule has 0 amide bonds. The van der Waals surface area contributed by atoms with E-state index in [4.69, 9.17) is 4.52 Å². The molecule has 182 valence electrons. The summed E-state index contributed by atoms with van der Waals surface area (Å²) in [5.41, 5.74) is 0.895. The van der Waals surface area contributed by atoms with Gasteiger partial charge in [0.15, 0.2) is 0 Å². The number of nitrogens with zero attached hydrogens (tertiary/aromatic N) is 6. The molecule has 11 heteroatoms. The maximum absolute atomic E-state index is 13.0. The van der Waals surface area contributed by atoms with Gasteiger partial charge in [-0.1, -0.05) is 5.16 Å². The number of rotatable bonds is 7. The zero-order valence-corrected chi connectivity index (χ0v) is 18.8. The van der Waals surface area contributed by atoms with E-state index in [0.717, 1.165) is 44.5 Å². The van der Waals surface area contributed by atoms with Gasteiger partial charge in [0.05, 0.1) is 5.56 Å². The Balaban J connectivity index is 1.16. The first-order chi connectivity index (χ1) is 16.9. The van der Waals surface area contributed by atoms with Gasteiger partial charge in [-0.15, -0.1) is 0 Å². The van der Waals surface area contributed by atoms with Crippen molar-refractivity contribution in [3.63, 3.8) is 0 Å². The van der Waals surface area contributed by atoms with Crippen LogP contribution in [0.1, 0.15) is 41.4 Å². The van der Waals surface area contributed by atoms with Gasteiger partial charge in [0.1, 0.15) is 5.65 Å². The first kappa shape index (κ1) is 23.2. The molecule has 1 aliphatic heterocycles. The van der Waals surface area contributed by atoms with Crippen LogP contribution in [0, 0.1) is 0 Å². The Kier molecular flexibility index (Phi) is 6.33. The summed E-state index contributed by atoms with van der Waals surface area (Å²) >= 11 is 0. The van der Waals surface area contributed by atoms with E-state index in [1.54, 1.807) is 17.0 Å². The van der Waals surface area contributed by atoms with Gasteiger partial charge in [-0.25, -0.2) is 4.98 Å². The van der Waals surface area contributed by atoms with E-state index in [0.29, 0.717) is 23.9 Å². The molecule has 0 bridgehead atoms. The van der Waals surface area contributed by atoms with Gasteiger partial charge in [0.25, 0.3) is 5.78 Å². The summed E-state index contributed by atoms with van der Waals surface area (Å²) in [4.78, 5) is 26.9. The first-order valence-electron chi connectivity index (χ1n) is 11.4. The second-order valence-corrected chi connectivity index (χ2v) is 8.60. The van der Waals surface area contributed by atoms with Crippen molar-refractivity contribution in [2.75, 3.05) is 19.6 Å². The van der Waals surface area contributed by atoms with Crippen LogP contribution in [-0.2, 0) is 6.54 Å². The summed E-state index contributed by atoms with van der Waals surface area (Å²) < 4.78 is 46.2. The average molecular weight is 484 g/mol. The SMILES string of the molecule is O=C(c1cn(CCCN2CCC(c3nc(-c4ccncc4)no3)CC2)c2ncccc12)C(F)(F)F. The number of alkyl halides is 3. The maximum Gasteiger partial charge on any atom is 0.454 e. The molecule has 0 saturated carbocycles. The molecule has 1 aliphatic rings. The minimum absolute atomic E-state index is 0.197. The third-order valence-electron chi connectivity index (χ3n) is 6.33. The number of halogens is 3. The van der Waals surface area contributed by atoms with Crippen molar-refractivity contribution < 1.29 is 22.5 Å². The molecule has 0 N–H and O–H groups in total. The van der Waals surface area contributed by atoms with Crippen LogP contribution in [0.25, 0.3) is 22.4 Å². The molecule has 1 fully saturated rings. The Morgan fingerprint density at radius 3 is 2.60 bits per heavy atom. The molecule has 8 nitrogen and oxygen atoms in total. The lowest BCUT2D eigenvalue weighted by molar-refractivity contribution is -0.0884. The summed E-state index contributed by atoms with van der Waals surface area (Å²) in [5, 5.41) is 4.31. The second-order valence-electron chi connectivity index (χ2n) is 8.60. The van der Waals surface area contributed by atoms with Crippen LogP contribution in [0.5, 0.6) is 0 Å². The number of pyridine rings is 2. The lowest BCUT2D eigenvalue weighted by Crippen LogP contribution is -2.34. The summed E-state index contributed by atoms with van der Waals surface area (Å²) in [7, 11) is 0. The Labute approximate surface area is 198 Å². The number of aryl methyl sites for hydroxylation is 1. The minimum atomic E-state index is -4.92. The van der Waals surface area contributed by atoms with Crippen LogP contribution in [0.2, 0.25) is 0 Å². The maximum atomic E-state index is 13.0. The third-order valence-corrected chi connectivity index (χ3v) is 6.33. The predicted molar refractivity (Wildman–Crippen MR) is 121 cm³/mol. The van der Waals surface area contributed by atoms with Crippen molar-refractivity contribution in [1.82, 2.24) is 29.6 Å². The standard InChI is InChI=1S/C24H23F3N6O2/c25-24(26,27)20(34)19-15-33(22-18(19)3-1-8-29-22)12-2-11-32-13-6-17(7-14-32)23-30-21(31-35-23)16-4-9-28-10-5-16/h1,3-5,8-10,15,17H,2,6-7,11-14H2. The molecule has 0 aromatic carbocycles. The summed E-state index contributed by atoms with van der Waals surface area (Å²) in [6, 6.07) is 6.71. The fourth-order valence-electron chi connectivity index (χ4n) is 4.51. The molecule has 5 rings (SSSR count). The van der Waals surface area contributed by atoms with Crippen LogP contribution < -0.4 is 0 Å². The topological polar surface area (TPSA) is 89.9 Å². The van der Waals surface area contributed by atoms with Crippen molar-refractivity contribution in [3.05, 3.63) is 60.5 Å². The molecule has 0 unspecified atom stereocenters. The number of fused-ring (bicyclic) bond motifs is 1. The van der Waals surface area contributed by atoms with E-state index in [1.165, 1.54) is 24.5 Å². The fourth-order valence-corrected chi connectivity index (χ4v) is 4.51. The van der Waals surface area contributed by atoms with Crippen LogP contribution in [0.15, 0.2) is 53.6 Å². The Bertz CT molecular complexity index is 1310. The van der Waals surface area contributed by atoms with Gasteiger partial charge in [-0.3, -0.25) is 9.78 Å². The third kappa shape index (κ3) is 4.95. The van der Waals surface area contributed by atoms with Crippen molar-refractivity contribution in [2.24, 2.45) is 0 Å². The zero-order valence-electron chi connectivity index (χ0n) is 18.8. The molecule has 0 spiro atoms. The van der Waals surface area contributed by atoms with E-state index < -0.39 is 12.0 Å². The smallest absolute Gasteiger partial charge is 0.339 e. The molecule has 4 aromatic heterocycles. The van der Waals surface area contributed by atoms with Crippen molar-refractivity contribution in [3.8, 4) is 11.4 Å². The lowest BCUT2D eigenvalue weighted by atomic mass is 9.96. The quantitative estimate of drug-likeness (QED) is 0.357. The summed E-state index contributed by atoms with van der Waals surface area (Å²) in [6.45, 7) is 2.98. The largest absolute Gasteiger partial charge is 0.454 e. The molecule has 35 heavy (non-hydrogen) atoms. The first-order valence-corrected chi connectivity index (χ1v) is 11.4. The number of hydrogen-bond donors (Lipinski definition) is 0. The summed E-state index contributed by atoms with van der Waals surface area (Å²) in [5.74, 6) is -0.448. The van der Waals surface area contributed by atoms with Gasteiger partial charge >= 0.3 is 6.18 Å². The second kappa shape index (κ2) is 9.57. The molecular formula is C24H23F3N6O2. The highest BCUT2D eigenvalue weighted by Gasteiger charge is 2.41. The number of likely N-dealkylation sites (tertiary alicyclic amines) is 1. The fraction of sp³-hybridized carbons (Fsp3) is 0.375. The Morgan fingerprint density at radius 1 is 1.09 bits per heavy atom. The Hall–Kier alpha value is -3.60. The number of carbonyl (C=O) groups excluding carboxylic acids is 1. The Morgan fingerprint density at radius 2 is 1.86 bits per heavy atom. The highest BCUT2D eigenvalue weighted by molar-refractivity contribution is 6.10. The molecular weight excluding hydrogens is 461 g/mol. The van der Waals surface area contributed by atoms with Crippen LogP contribution in [0.4, 0.5) is 13.2 Å². The minimum Gasteiger partial charge on any atom is -0.339 e. The van der Waals surface area contributed by atoms with Crippen LogP contribution in [-0.4, -0.2) is 61.2 Å². The number of aromatic nitrogens is 5. The molecule has 5 heterocycles. The number of ketones is 1. The van der Waals surface area contributed by atoms with E-state index in [-0.39, 0.29) is 16.9 Å². The molecule has 4 aromatic rings. The predicted octanol–water partition coefficient (Wildman–Crippen LogP) is 4.50. The van der Waals surface area contributed by atoms with E-state index in [1.807, 2.05) is 12.1 Å². The normalized spacial score (nSPS) is 15.6. The molecule has 0 atom stereocenters. The van der Waals surface area contributed by atoms with Crippen LogP contribution >= 0.6 is 0 Å². The number of hydrogen-bond acceptors (Lipinski definition) is 7. The molecule has 0 radical (unpaired) electrons. The zero-order chi connectivity index (χ0) is 24.4. The highest BCUT2D eigenvalue weighted by Crippen LogP contribution is 2.30. The van der Waals surface area contributed by atoms with Gasteiger partial charge in [0, 0.05) is 48.2 Å². The number of Topliss-reactive ketones (excluding diaryl/α,β-unsaturated/α-hetero) is 1.